The molecule has 1 aliphatic rings. The van der Waals surface area contributed by atoms with Gasteiger partial charge in [-0.15, -0.1) is 11.8 Å². The molecule has 14 heavy (non-hydrogen) atoms. The summed E-state index contributed by atoms with van der Waals surface area (Å²) < 4.78 is 1.17. The molecule has 0 atom stereocenters. The number of nitrogens with two attached hydrogens (primary N) is 1. The lowest BCUT2D eigenvalue weighted by molar-refractivity contribution is 0.702. The van der Waals surface area contributed by atoms with Crippen LogP contribution < -0.4 is 5.73 Å². The molecule has 0 spiro atoms. The number of thioether (sulfide) groups is 1. The predicted octanol–water partition coefficient (Wildman–Crippen LogP) is 3.16. The van der Waals surface area contributed by atoms with Crippen LogP contribution in [0.4, 0.5) is 0 Å². The predicted molar refractivity (Wildman–Crippen MR) is 65.9 cm³/mol. The summed E-state index contributed by atoms with van der Waals surface area (Å²) in [6.07, 6.45) is 4.59. The van der Waals surface area contributed by atoms with Crippen molar-refractivity contribution in [2.24, 2.45) is 5.73 Å². The number of rotatable bonds is 3. The van der Waals surface area contributed by atoms with Crippen LogP contribution in [0.1, 0.15) is 18.4 Å². The molecular weight excluding hydrogens is 258 g/mol. The van der Waals surface area contributed by atoms with Gasteiger partial charge in [-0.1, -0.05) is 15.9 Å². The first kappa shape index (κ1) is 10.5. The quantitative estimate of drug-likeness (QED) is 0.855. The Morgan fingerprint density at radius 2 is 2.14 bits per heavy atom. The molecular formula is C11H14BrNS. The molecule has 0 heterocycles. The van der Waals surface area contributed by atoms with Crippen LogP contribution in [0.2, 0.25) is 0 Å². The largest absolute Gasteiger partial charge is 0.330 e. The zero-order chi connectivity index (χ0) is 10.2. The minimum atomic E-state index is 0.300. The Morgan fingerprint density at radius 1 is 1.43 bits per heavy atom. The molecule has 2 rings (SSSR count). The lowest BCUT2D eigenvalue weighted by Gasteiger charge is -2.14. The van der Waals surface area contributed by atoms with Crippen molar-refractivity contribution in [2.75, 3.05) is 12.8 Å². The van der Waals surface area contributed by atoms with Crippen molar-refractivity contribution in [3.8, 4) is 0 Å². The highest BCUT2D eigenvalue weighted by atomic mass is 79.9. The van der Waals surface area contributed by atoms with Crippen LogP contribution in [0, 0.1) is 0 Å². The second kappa shape index (κ2) is 3.87. The third kappa shape index (κ3) is 1.86. The highest BCUT2D eigenvalue weighted by molar-refractivity contribution is 9.10. The van der Waals surface area contributed by atoms with Gasteiger partial charge in [0.2, 0.25) is 0 Å². The molecule has 1 aromatic rings. The van der Waals surface area contributed by atoms with Gasteiger partial charge in [-0.25, -0.2) is 0 Å². The first-order valence-corrected chi connectivity index (χ1v) is 6.77. The Kier molecular flexibility index (Phi) is 2.91. The van der Waals surface area contributed by atoms with E-state index in [2.05, 4.69) is 40.4 Å². The Morgan fingerprint density at radius 3 is 2.64 bits per heavy atom. The summed E-state index contributed by atoms with van der Waals surface area (Å²) in [5.74, 6) is 0. The van der Waals surface area contributed by atoms with Crippen LogP contribution in [0.5, 0.6) is 0 Å². The van der Waals surface area contributed by atoms with Gasteiger partial charge in [0.15, 0.2) is 0 Å². The number of benzene rings is 1. The molecule has 0 saturated heterocycles. The van der Waals surface area contributed by atoms with Crippen molar-refractivity contribution in [3.63, 3.8) is 0 Å². The van der Waals surface area contributed by atoms with Gasteiger partial charge in [-0.2, -0.15) is 0 Å². The third-order valence-corrected chi connectivity index (χ3v) is 4.13. The molecule has 3 heteroatoms. The summed E-state index contributed by atoms with van der Waals surface area (Å²) in [4.78, 5) is 1.31. The zero-order valence-electron chi connectivity index (χ0n) is 8.22. The monoisotopic (exact) mass is 271 g/mol. The van der Waals surface area contributed by atoms with Crippen LogP contribution >= 0.6 is 27.7 Å². The van der Waals surface area contributed by atoms with Crippen molar-refractivity contribution in [1.29, 1.82) is 0 Å². The minimum Gasteiger partial charge on any atom is -0.330 e. The standard InChI is InChI=1S/C11H14BrNS/c1-14-10-5-8(4-9(12)6-10)11(7-13)2-3-11/h4-6H,2-3,7,13H2,1H3. The van der Waals surface area contributed by atoms with Crippen molar-refractivity contribution < 1.29 is 0 Å². The van der Waals surface area contributed by atoms with Crippen LogP contribution in [-0.4, -0.2) is 12.8 Å². The van der Waals surface area contributed by atoms with E-state index in [9.17, 15) is 0 Å². The van der Waals surface area contributed by atoms with Gasteiger partial charge in [-0.05, 0) is 42.9 Å². The van der Waals surface area contributed by atoms with Gasteiger partial charge in [0.05, 0.1) is 0 Å². The topological polar surface area (TPSA) is 26.0 Å². The maximum absolute atomic E-state index is 5.82. The van der Waals surface area contributed by atoms with Gasteiger partial charge in [0.1, 0.15) is 0 Å². The first-order chi connectivity index (χ1) is 6.70. The molecule has 1 fully saturated rings. The highest BCUT2D eigenvalue weighted by Gasteiger charge is 2.42. The average molecular weight is 272 g/mol. The Hall–Kier alpha value is 0.01000. The molecule has 1 aliphatic carbocycles. The fraction of sp³-hybridized carbons (Fsp3) is 0.455. The summed E-state index contributed by atoms with van der Waals surface area (Å²) in [5, 5.41) is 0. The SMILES string of the molecule is CSc1cc(Br)cc(C2(CN)CC2)c1. The molecule has 0 unspecified atom stereocenters. The van der Waals surface area contributed by atoms with E-state index in [4.69, 9.17) is 5.73 Å². The van der Waals surface area contributed by atoms with Gasteiger partial charge in [0.25, 0.3) is 0 Å². The summed E-state index contributed by atoms with van der Waals surface area (Å²) in [7, 11) is 0. The molecule has 1 nitrogen and oxygen atoms in total. The van der Waals surface area contributed by atoms with Crippen LogP contribution in [0.3, 0.4) is 0 Å². The van der Waals surface area contributed by atoms with Crippen molar-refractivity contribution in [1.82, 2.24) is 0 Å². The van der Waals surface area contributed by atoms with Gasteiger partial charge >= 0.3 is 0 Å². The number of halogens is 1. The molecule has 0 bridgehead atoms. The Balaban J connectivity index is 2.38. The molecule has 0 aromatic heterocycles. The van der Waals surface area contributed by atoms with Crippen LogP contribution in [0.15, 0.2) is 27.6 Å². The van der Waals surface area contributed by atoms with E-state index in [-0.39, 0.29) is 0 Å². The molecule has 0 amide bonds. The van der Waals surface area contributed by atoms with E-state index in [1.807, 2.05) is 0 Å². The molecule has 1 aromatic carbocycles. The second-order valence-corrected chi connectivity index (χ2v) is 5.66. The molecule has 76 valence electrons. The smallest absolute Gasteiger partial charge is 0.0189 e. The van der Waals surface area contributed by atoms with Crippen molar-refractivity contribution in [2.45, 2.75) is 23.2 Å². The van der Waals surface area contributed by atoms with Crippen molar-refractivity contribution >= 4 is 27.7 Å². The van der Waals surface area contributed by atoms with E-state index in [0.29, 0.717) is 5.41 Å². The van der Waals surface area contributed by atoms with E-state index < -0.39 is 0 Å². The van der Waals surface area contributed by atoms with Crippen LogP contribution in [0.25, 0.3) is 0 Å². The van der Waals surface area contributed by atoms with E-state index in [1.165, 1.54) is 27.8 Å². The maximum Gasteiger partial charge on any atom is 0.0189 e. The van der Waals surface area contributed by atoms with E-state index >= 15 is 0 Å². The number of hydrogen-bond acceptors (Lipinski definition) is 2. The molecule has 0 aliphatic heterocycles. The van der Waals surface area contributed by atoms with E-state index in [0.717, 1.165) is 6.54 Å². The Labute approximate surface area is 97.6 Å². The highest BCUT2D eigenvalue weighted by Crippen LogP contribution is 2.48. The first-order valence-electron chi connectivity index (χ1n) is 4.75. The van der Waals surface area contributed by atoms with Gasteiger partial charge in [0, 0.05) is 21.3 Å². The zero-order valence-corrected chi connectivity index (χ0v) is 10.6. The maximum atomic E-state index is 5.82. The van der Waals surface area contributed by atoms with Crippen LogP contribution in [-0.2, 0) is 5.41 Å². The summed E-state index contributed by atoms with van der Waals surface area (Å²) in [6, 6.07) is 6.63. The summed E-state index contributed by atoms with van der Waals surface area (Å²) in [5.41, 5.74) is 7.52. The Bertz CT molecular complexity index is 347. The minimum absolute atomic E-state index is 0.300. The van der Waals surface area contributed by atoms with E-state index in [1.54, 1.807) is 11.8 Å². The fourth-order valence-electron chi connectivity index (χ4n) is 1.75. The summed E-state index contributed by atoms with van der Waals surface area (Å²) in [6.45, 7) is 0.775. The van der Waals surface area contributed by atoms with Crippen molar-refractivity contribution in [3.05, 3.63) is 28.2 Å². The number of hydrogen-bond donors (Lipinski definition) is 1. The lowest BCUT2D eigenvalue weighted by Crippen LogP contribution is -2.19. The third-order valence-electron chi connectivity index (χ3n) is 2.96. The normalized spacial score (nSPS) is 18.2. The average Bonchev–Trinajstić information content (AvgIpc) is 2.97. The molecule has 0 radical (unpaired) electrons. The fourth-order valence-corrected chi connectivity index (χ4v) is 2.88. The molecule has 1 saturated carbocycles. The van der Waals surface area contributed by atoms with Gasteiger partial charge < -0.3 is 5.73 Å². The molecule has 2 N–H and O–H groups in total. The second-order valence-electron chi connectivity index (χ2n) is 3.86. The van der Waals surface area contributed by atoms with Gasteiger partial charge in [-0.3, -0.25) is 0 Å². The lowest BCUT2D eigenvalue weighted by atomic mass is 9.96. The summed E-state index contributed by atoms with van der Waals surface area (Å²) >= 11 is 5.33.